The van der Waals surface area contributed by atoms with E-state index < -0.39 is 10.8 Å². The molecule has 0 radical (unpaired) electrons. The molecule has 0 N–H and O–H groups in total. The first-order valence-corrected chi connectivity index (χ1v) is 24.5. The van der Waals surface area contributed by atoms with E-state index in [4.69, 9.17) is 0 Å². The van der Waals surface area contributed by atoms with Gasteiger partial charge in [0.15, 0.2) is 0 Å². The molecule has 0 bridgehead atoms. The monoisotopic (exact) mass is 886 g/mol. The number of benzene rings is 11. The molecular weight excluding hydrogens is 845 g/mol. The van der Waals surface area contributed by atoms with E-state index in [1.54, 1.807) is 0 Å². The summed E-state index contributed by atoms with van der Waals surface area (Å²) in [7, 11) is 0. The van der Waals surface area contributed by atoms with Crippen LogP contribution in [0, 0.1) is 0 Å². The van der Waals surface area contributed by atoms with Crippen LogP contribution >= 0.6 is 0 Å². The molecule has 70 heavy (non-hydrogen) atoms. The number of anilines is 3. The van der Waals surface area contributed by atoms with Crippen LogP contribution < -0.4 is 4.90 Å². The zero-order valence-electron chi connectivity index (χ0n) is 38.1. The molecule has 12 aromatic rings. The number of nitrogens with zero attached hydrogens (tertiary/aromatic N) is 2. The molecule has 2 heteroatoms. The third kappa shape index (κ3) is 4.59. The molecule has 1 atom stereocenters. The molecule has 0 saturated carbocycles. The third-order valence-electron chi connectivity index (χ3n) is 16.4. The lowest BCUT2D eigenvalue weighted by Crippen LogP contribution is -2.33. The largest absolute Gasteiger partial charge is 0.310 e. The highest BCUT2D eigenvalue weighted by Gasteiger charge is 2.53. The van der Waals surface area contributed by atoms with Crippen LogP contribution in [0.15, 0.2) is 255 Å². The maximum absolute atomic E-state index is 2.52. The molecule has 2 nitrogen and oxygen atoms in total. The van der Waals surface area contributed by atoms with Gasteiger partial charge in [-0.25, -0.2) is 0 Å². The first-order chi connectivity index (χ1) is 34.8. The van der Waals surface area contributed by atoms with Crippen molar-refractivity contribution in [2.24, 2.45) is 0 Å². The van der Waals surface area contributed by atoms with E-state index >= 15 is 0 Å². The van der Waals surface area contributed by atoms with Crippen LogP contribution in [0.4, 0.5) is 17.1 Å². The molecule has 2 heterocycles. The Kier molecular flexibility index (Phi) is 7.51. The van der Waals surface area contributed by atoms with Crippen LogP contribution in [0.3, 0.4) is 0 Å². The van der Waals surface area contributed by atoms with Crippen molar-refractivity contribution in [3.63, 3.8) is 0 Å². The van der Waals surface area contributed by atoms with Crippen molar-refractivity contribution in [2.75, 3.05) is 4.90 Å². The number of fused-ring (bicyclic) bond motifs is 22. The Bertz CT molecular complexity index is 4150. The van der Waals surface area contributed by atoms with Crippen molar-refractivity contribution in [3.8, 4) is 50.2 Å². The molecule has 0 saturated heterocycles. The fourth-order valence-corrected chi connectivity index (χ4v) is 13.9. The Labute approximate surface area is 406 Å². The van der Waals surface area contributed by atoms with Crippen molar-refractivity contribution < 1.29 is 0 Å². The zero-order chi connectivity index (χ0) is 45.7. The summed E-state index contributed by atoms with van der Waals surface area (Å²) < 4.78 is 2.52. The molecular formula is C68H42N2. The lowest BCUT2D eigenvalue weighted by Gasteiger charge is -2.39. The van der Waals surface area contributed by atoms with Crippen LogP contribution in [-0.2, 0) is 10.8 Å². The molecule has 0 fully saturated rings. The summed E-state index contributed by atoms with van der Waals surface area (Å²) in [6, 6.07) is 95.8. The predicted octanol–water partition coefficient (Wildman–Crippen LogP) is 16.9. The molecule has 4 aliphatic rings. The Hall–Kier alpha value is -8.98. The maximum atomic E-state index is 2.52. The highest BCUT2D eigenvalue weighted by molar-refractivity contribution is 6.13. The molecule has 1 aromatic heterocycles. The summed E-state index contributed by atoms with van der Waals surface area (Å²) in [5, 5.41) is 2.58. The van der Waals surface area contributed by atoms with Gasteiger partial charge in [-0.05, 0) is 132 Å². The van der Waals surface area contributed by atoms with Gasteiger partial charge in [-0.2, -0.15) is 0 Å². The lowest BCUT2D eigenvalue weighted by atomic mass is 9.65. The summed E-state index contributed by atoms with van der Waals surface area (Å²) in [5.41, 5.74) is 27.1. The Morgan fingerprint density at radius 1 is 0.300 bits per heavy atom. The number of aromatic nitrogens is 1. The number of hydrogen-bond acceptors (Lipinski definition) is 1. The SMILES string of the molecule is c1ccc(N(c2ccc(-c3ccc4c(c3)C3(c5ccccc5-4)c4ccccc4-n4c5ccccc5c5cccc3c54)cc2)c2cccc3c2-c2ccccc2C32c3ccccc3-c3ccccc32)cc1. The highest BCUT2D eigenvalue weighted by Crippen LogP contribution is 2.65. The second-order valence-corrected chi connectivity index (χ2v) is 19.4. The standard InChI is InChI=1S/C68H42N2/c1-2-18-45(19-3-1)69(64-35-17-31-59-65(64)53-24-7-12-29-57(53)67(59)54-26-9-4-20-47(54)48-21-5-10-27-55(48)67)46-39-36-43(37-40-46)44-38-41-50-49-22-6-11-28-56(49)68(61(50)42-44)58-30-13-15-34-63(58)70-62-33-14-8-23-51(62)52-25-16-32-60(68)66(52)70/h1-42H. The van der Waals surface area contributed by atoms with E-state index in [1.165, 1.54) is 122 Å². The minimum Gasteiger partial charge on any atom is -0.310 e. The first kappa shape index (κ1) is 38.0. The van der Waals surface area contributed by atoms with Gasteiger partial charge in [-0.15, -0.1) is 0 Å². The second kappa shape index (κ2) is 13.8. The van der Waals surface area contributed by atoms with Gasteiger partial charge in [0.1, 0.15) is 0 Å². The molecule has 2 spiro atoms. The van der Waals surface area contributed by atoms with Gasteiger partial charge < -0.3 is 9.47 Å². The molecule has 11 aromatic carbocycles. The van der Waals surface area contributed by atoms with Crippen molar-refractivity contribution in [1.29, 1.82) is 0 Å². The molecule has 324 valence electrons. The van der Waals surface area contributed by atoms with E-state index in [9.17, 15) is 0 Å². The predicted molar refractivity (Wildman–Crippen MR) is 288 cm³/mol. The topological polar surface area (TPSA) is 8.17 Å². The summed E-state index contributed by atoms with van der Waals surface area (Å²) in [6.45, 7) is 0. The summed E-state index contributed by atoms with van der Waals surface area (Å²) in [4.78, 5) is 2.47. The second-order valence-electron chi connectivity index (χ2n) is 19.4. The van der Waals surface area contributed by atoms with Crippen LogP contribution in [-0.4, -0.2) is 4.57 Å². The third-order valence-corrected chi connectivity index (χ3v) is 16.4. The summed E-state index contributed by atoms with van der Waals surface area (Å²) in [5.74, 6) is 0. The van der Waals surface area contributed by atoms with Gasteiger partial charge >= 0.3 is 0 Å². The van der Waals surface area contributed by atoms with E-state index in [0.29, 0.717) is 0 Å². The Balaban J connectivity index is 0.881. The molecule has 1 unspecified atom stereocenters. The lowest BCUT2D eigenvalue weighted by molar-refractivity contribution is 0.749. The molecule has 0 amide bonds. The van der Waals surface area contributed by atoms with Gasteiger partial charge in [-0.1, -0.05) is 206 Å². The van der Waals surface area contributed by atoms with E-state index in [0.717, 1.165) is 11.4 Å². The summed E-state index contributed by atoms with van der Waals surface area (Å²) >= 11 is 0. The smallest absolute Gasteiger partial charge is 0.0754 e. The first-order valence-electron chi connectivity index (χ1n) is 24.5. The van der Waals surface area contributed by atoms with Crippen molar-refractivity contribution >= 4 is 38.9 Å². The van der Waals surface area contributed by atoms with Crippen molar-refractivity contribution in [1.82, 2.24) is 4.57 Å². The van der Waals surface area contributed by atoms with E-state index in [2.05, 4.69) is 264 Å². The fourth-order valence-electron chi connectivity index (χ4n) is 13.9. The zero-order valence-corrected chi connectivity index (χ0v) is 38.1. The highest BCUT2D eigenvalue weighted by atomic mass is 15.1. The van der Waals surface area contributed by atoms with Crippen LogP contribution in [0.1, 0.15) is 44.5 Å². The Morgan fingerprint density at radius 2 is 0.786 bits per heavy atom. The van der Waals surface area contributed by atoms with Gasteiger partial charge in [-0.3, -0.25) is 0 Å². The van der Waals surface area contributed by atoms with Gasteiger partial charge in [0, 0.05) is 27.7 Å². The van der Waals surface area contributed by atoms with Crippen LogP contribution in [0.5, 0.6) is 0 Å². The number of para-hydroxylation sites is 4. The minimum atomic E-state index is -0.506. The number of hydrogen-bond donors (Lipinski definition) is 0. The summed E-state index contributed by atoms with van der Waals surface area (Å²) in [6.07, 6.45) is 0. The van der Waals surface area contributed by atoms with E-state index in [1.807, 2.05) is 0 Å². The van der Waals surface area contributed by atoms with E-state index in [-0.39, 0.29) is 0 Å². The maximum Gasteiger partial charge on any atom is 0.0754 e. The normalized spacial score (nSPS) is 15.6. The van der Waals surface area contributed by atoms with Gasteiger partial charge in [0.2, 0.25) is 0 Å². The van der Waals surface area contributed by atoms with Crippen LogP contribution in [0.2, 0.25) is 0 Å². The van der Waals surface area contributed by atoms with Crippen LogP contribution in [0.25, 0.3) is 72.0 Å². The van der Waals surface area contributed by atoms with Crippen molar-refractivity contribution in [3.05, 3.63) is 299 Å². The average molecular weight is 887 g/mol. The number of rotatable bonds is 4. The molecule has 1 aliphatic heterocycles. The van der Waals surface area contributed by atoms with Gasteiger partial charge in [0.25, 0.3) is 0 Å². The Morgan fingerprint density at radius 3 is 1.50 bits per heavy atom. The molecule has 3 aliphatic carbocycles. The van der Waals surface area contributed by atoms with Gasteiger partial charge in [0.05, 0.1) is 33.2 Å². The quantitative estimate of drug-likeness (QED) is 0.171. The minimum absolute atomic E-state index is 0.424. The average Bonchev–Trinajstić information content (AvgIpc) is 4.13. The van der Waals surface area contributed by atoms with Crippen molar-refractivity contribution in [2.45, 2.75) is 10.8 Å². The fraction of sp³-hybridized carbons (Fsp3) is 0.0294. The molecule has 16 rings (SSSR count).